The van der Waals surface area contributed by atoms with Gasteiger partial charge in [-0.1, -0.05) is 54.6 Å². The largest absolute Gasteiger partial charge is 0.465 e. The zero-order valence-corrected chi connectivity index (χ0v) is 22.0. The van der Waals surface area contributed by atoms with Crippen LogP contribution in [0.1, 0.15) is 32.1 Å². The number of hydrogen-bond acceptors (Lipinski definition) is 6. The number of nitrogens with zero attached hydrogens (tertiary/aromatic N) is 5. The van der Waals surface area contributed by atoms with Crippen molar-refractivity contribution in [2.45, 2.75) is 12.7 Å². The van der Waals surface area contributed by atoms with Crippen molar-refractivity contribution in [3.63, 3.8) is 0 Å². The van der Waals surface area contributed by atoms with Gasteiger partial charge in [-0.15, -0.1) is 0 Å². The average Bonchev–Trinajstić information content (AvgIpc) is 3.62. The number of ether oxygens (including phenoxy) is 1. The number of rotatable bonds is 6. The van der Waals surface area contributed by atoms with E-state index in [-0.39, 0.29) is 29.3 Å². The van der Waals surface area contributed by atoms with E-state index < -0.39 is 23.7 Å². The number of esters is 1. The van der Waals surface area contributed by atoms with Crippen molar-refractivity contribution >= 4 is 34.0 Å². The minimum atomic E-state index is -4.76. The fraction of sp³-hybridized carbons (Fsp3) is 0.100. The van der Waals surface area contributed by atoms with Crippen LogP contribution >= 0.6 is 0 Å². The minimum Gasteiger partial charge on any atom is -0.465 e. The number of benzene rings is 3. The van der Waals surface area contributed by atoms with Gasteiger partial charge in [-0.2, -0.15) is 23.4 Å². The van der Waals surface area contributed by atoms with Crippen molar-refractivity contribution in [2.24, 2.45) is 0 Å². The van der Waals surface area contributed by atoms with Gasteiger partial charge >= 0.3 is 12.1 Å². The third-order valence-electron chi connectivity index (χ3n) is 6.64. The molecule has 0 aliphatic rings. The SMILES string of the molecule is COC(=O)c1ccccc1Cn1cc(NC(=O)c2cc3nc(-c4ccc5ccccc5c4)cc(C(F)(F)F)n3n2)cn1. The summed E-state index contributed by atoms with van der Waals surface area (Å²) in [7, 11) is 1.29. The second kappa shape index (κ2) is 10.5. The molecule has 6 aromatic rings. The summed E-state index contributed by atoms with van der Waals surface area (Å²) in [5.41, 5.74) is 0.456. The summed E-state index contributed by atoms with van der Waals surface area (Å²) in [5, 5.41) is 12.5. The van der Waals surface area contributed by atoms with Crippen molar-refractivity contribution in [1.29, 1.82) is 0 Å². The number of amides is 1. The molecule has 0 aliphatic carbocycles. The highest BCUT2D eigenvalue weighted by molar-refractivity contribution is 6.03. The summed E-state index contributed by atoms with van der Waals surface area (Å²) in [4.78, 5) is 29.4. The fourth-order valence-corrected chi connectivity index (χ4v) is 4.64. The molecule has 3 aromatic carbocycles. The first-order valence-corrected chi connectivity index (χ1v) is 12.7. The molecule has 0 aliphatic heterocycles. The van der Waals surface area contributed by atoms with Gasteiger partial charge in [0.15, 0.2) is 17.0 Å². The smallest absolute Gasteiger partial charge is 0.433 e. The van der Waals surface area contributed by atoms with Gasteiger partial charge in [0, 0.05) is 17.8 Å². The first-order chi connectivity index (χ1) is 20.2. The molecule has 0 fully saturated rings. The third kappa shape index (κ3) is 5.17. The number of alkyl halides is 3. The van der Waals surface area contributed by atoms with Crippen molar-refractivity contribution in [2.75, 3.05) is 12.4 Å². The van der Waals surface area contributed by atoms with Crippen LogP contribution in [0, 0.1) is 0 Å². The molecule has 0 saturated carbocycles. The predicted molar refractivity (Wildman–Crippen MR) is 148 cm³/mol. The third-order valence-corrected chi connectivity index (χ3v) is 6.64. The van der Waals surface area contributed by atoms with E-state index in [2.05, 4.69) is 20.5 Å². The molecule has 0 saturated heterocycles. The molecule has 1 amide bonds. The lowest BCUT2D eigenvalue weighted by Gasteiger charge is -2.11. The molecule has 1 N–H and O–H groups in total. The van der Waals surface area contributed by atoms with E-state index in [0.29, 0.717) is 21.2 Å². The van der Waals surface area contributed by atoms with Gasteiger partial charge in [-0.3, -0.25) is 9.48 Å². The van der Waals surface area contributed by atoms with Crippen LogP contribution in [0.25, 0.3) is 27.7 Å². The molecule has 0 radical (unpaired) electrons. The Morgan fingerprint density at radius 2 is 1.71 bits per heavy atom. The molecule has 9 nitrogen and oxygen atoms in total. The number of fused-ring (bicyclic) bond motifs is 2. The second-order valence-corrected chi connectivity index (χ2v) is 9.42. The van der Waals surface area contributed by atoms with E-state index in [1.165, 1.54) is 30.3 Å². The monoisotopic (exact) mass is 570 g/mol. The maximum Gasteiger partial charge on any atom is 0.433 e. The summed E-state index contributed by atoms with van der Waals surface area (Å²) in [6.07, 6.45) is -1.85. The Kier molecular flexibility index (Phi) is 6.65. The number of nitrogens with one attached hydrogen (secondary N) is 1. The molecule has 0 bridgehead atoms. The van der Waals surface area contributed by atoms with Gasteiger partial charge in [0.2, 0.25) is 0 Å². The molecular weight excluding hydrogens is 549 g/mol. The summed E-state index contributed by atoms with van der Waals surface area (Å²) < 4.78 is 49.2. The van der Waals surface area contributed by atoms with Gasteiger partial charge in [0.05, 0.1) is 36.8 Å². The molecule has 42 heavy (non-hydrogen) atoms. The molecule has 0 spiro atoms. The predicted octanol–water partition coefficient (Wildman–Crippen LogP) is 5.85. The van der Waals surface area contributed by atoms with Crippen LogP contribution in [0.15, 0.2) is 91.3 Å². The number of hydrogen-bond donors (Lipinski definition) is 1. The Hall–Kier alpha value is -5.52. The normalized spacial score (nSPS) is 11.6. The highest BCUT2D eigenvalue weighted by atomic mass is 19.4. The zero-order chi connectivity index (χ0) is 29.4. The molecule has 0 unspecified atom stereocenters. The van der Waals surface area contributed by atoms with Crippen LogP contribution < -0.4 is 5.32 Å². The van der Waals surface area contributed by atoms with E-state index >= 15 is 0 Å². The molecule has 6 rings (SSSR count). The Balaban J connectivity index is 1.28. The zero-order valence-electron chi connectivity index (χ0n) is 22.0. The van der Waals surface area contributed by atoms with Gasteiger partial charge in [-0.05, 0) is 34.5 Å². The Morgan fingerprint density at radius 1 is 0.952 bits per heavy atom. The van der Waals surface area contributed by atoms with Crippen molar-refractivity contribution in [1.82, 2.24) is 24.4 Å². The first kappa shape index (κ1) is 26.7. The van der Waals surface area contributed by atoms with Gasteiger partial charge in [0.25, 0.3) is 5.91 Å². The molecule has 210 valence electrons. The standard InChI is InChI=1S/C30H21F3N6O3/c1-42-29(41)23-9-5-4-8-21(23)16-38-17-22(15-34-38)35-28(40)25-14-27-36-24(13-26(30(31,32)33)39(27)37-25)20-11-10-18-6-2-3-7-19(18)12-20/h2-15,17H,16H2,1H3,(H,35,40). The summed E-state index contributed by atoms with van der Waals surface area (Å²) in [5.74, 6) is -1.23. The highest BCUT2D eigenvalue weighted by Gasteiger charge is 2.35. The Bertz CT molecular complexity index is 1980. The van der Waals surface area contributed by atoms with E-state index in [4.69, 9.17) is 4.74 Å². The lowest BCUT2D eigenvalue weighted by Crippen LogP contribution is -2.15. The second-order valence-electron chi connectivity index (χ2n) is 9.42. The number of anilines is 1. The fourth-order valence-electron chi connectivity index (χ4n) is 4.64. The van der Waals surface area contributed by atoms with Crippen LogP contribution in [-0.4, -0.2) is 43.4 Å². The van der Waals surface area contributed by atoms with Crippen LogP contribution in [0.4, 0.5) is 18.9 Å². The minimum absolute atomic E-state index is 0.0981. The van der Waals surface area contributed by atoms with E-state index in [0.717, 1.165) is 16.8 Å². The molecule has 12 heteroatoms. The van der Waals surface area contributed by atoms with Crippen LogP contribution in [0.2, 0.25) is 0 Å². The Morgan fingerprint density at radius 3 is 2.50 bits per heavy atom. The van der Waals surface area contributed by atoms with Gasteiger partial charge < -0.3 is 10.1 Å². The molecular formula is C30H21F3N6O3. The van der Waals surface area contributed by atoms with E-state index in [9.17, 15) is 22.8 Å². The number of halogens is 3. The van der Waals surface area contributed by atoms with Crippen molar-refractivity contribution < 1.29 is 27.5 Å². The van der Waals surface area contributed by atoms with Gasteiger partial charge in [-0.25, -0.2) is 14.3 Å². The van der Waals surface area contributed by atoms with Crippen molar-refractivity contribution in [3.8, 4) is 11.3 Å². The summed E-state index contributed by atoms with van der Waals surface area (Å²) in [6, 6.07) is 21.8. The van der Waals surface area contributed by atoms with E-state index in [1.807, 2.05) is 30.3 Å². The average molecular weight is 571 g/mol. The summed E-state index contributed by atoms with van der Waals surface area (Å²) >= 11 is 0. The van der Waals surface area contributed by atoms with Crippen LogP contribution in [0.3, 0.4) is 0 Å². The first-order valence-electron chi connectivity index (χ1n) is 12.7. The number of aromatic nitrogens is 5. The maximum absolute atomic E-state index is 14.1. The topological polar surface area (TPSA) is 103 Å². The van der Waals surface area contributed by atoms with Gasteiger partial charge in [0.1, 0.15) is 0 Å². The van der Waals surface area contributed by atoms with Crippen LogP contribution in [0.5, 0.6) is 0 Å². The molecule has 0 atom stereocenters. The summed E-state index contributed by atoms with van der Waals surface area (Å²) in [6.45, 7) is 0.214. The lowest BCUT2D eigenvalue weighted by atomic mass is 10.0. The van der Waals surface area contributed by atoms with E-state index in [1.54, 1.807) is 36.4 Å². The van der Waals surface area contributed by atoms with Crippen LogP contribution in [-0.2, 0) is 17.5 Å². The number of carbonyl (C=O) groups excluding carboxylic acids is 2. The molecule has 3 heterocycles. The van der Waals surface area contributed by atoms with Crippen molar-refractivity contribution in [3.05, 3.63) is 114 Å². The number of carbonyl (C=O) groups is 2. The Labute approximate surface area is 236 Å². The maximum atomic E-state index is 14.1. The highest BCUT2D eigenvalue weighted by Crippen LogP contribution is 2.33. The quantitative estimate of drug-likeness (QED) is 0.252. The lowest BCUT2D eigenvalue weighted by molar-refractivity contribution is -0.142. The number of methoxy groups -OCH3 is 1. The molecule has 3 aromatic heterocycles.